The zero-order valence-electron chi connectivity index (χ0n) is 11.3. The summed E-state index contributed by atoms with van der Waals surface area (Å²) in [6.07, 6.45) is 5.71. The van der Waals surface area contributed by atoms with Crippen LogP contribution in [0.5, 0.6) is 0 Å². The highest BCUT2D eigenvalue weighted by Gasteiger charge is 2.20. The Hall–Kier alpha value is -1.22. The van der Waals surface area contributed by atoms with Gasteiger partial charge in [-0.05, 0) is 37.3 Å². The second-order valence-electron chi connectivity index (χ2n) is 5.49. The minimum atomic E-state index is -0.114. The minimum absolute atomic E-state index is 0.114. The third-order valence-corrected chi connectivity index (χ3v) is 4.29. The molecule has 1 aliphatic rings. The number of anilines is 1. The van der Waals surface area contributed by atoms with Gasteiger partial charge in [-0.1, -0.05) is 37.4 Å². The summed E-state index contributed by atoms with van der Waals surface area (Å²) in [4.78, 5) is 12.2. The Balaban J connectivity index is 2.02. The van der Waals surface area contributed by atoms with Gasteiger partial charge in [0.15, 0.2) is 0 Å². The van der Waals surface area contributed by atoms with Gasteiger partial charge >= 0.3 is 0 Å². The van der Waals surface area contributed by atoms with E-state index in [1.165, 1.54) is 19.3 Å². The molecule has 1 aromatic rings. The van der Waals surface area contributed by atoms with E-state index in [4.69, 9.17) is 17.3 Å². The first kappa shape index (κ1) is 14.2. The Labute approximate surface area is 119 Å². The van der Waals surface area contributed by atoms with Gasteiger partial charge in [-0.3, -0.25) is 4.79 Å². The number of amides is 1. The number of nitrogens with two attached hydrogens (primary N) is 1. The molecule has 0 spiro atoms. The number of nitrogen functional groups attached to an aromatic ring is 1. The van der Waals surface area contributed by atoms with Crippen molar-refractivity contribution in [2.75, 3.05) is 5.73 Å². The van der Waals surface area contributed by atoms with Crippen LogP contribution in [0.25, 0.3) is 0 Å². The lowest BCUT2D eigenvalue weighted by atomic mass is 10.0. The molecule has 19 heavy (non-hydrogen) atoms. The molecule has 3 nitrogen and oxygen atoms in total. The molecule has 1 fully saturated rings. The Morgan fingerprint density at radius 2 is 2.11 bits per heavy atom. The molecule has 2 atom stereocenters. The molecule has 2 rings (SSSR count). The lowest BCUT2D eigenvalue weighted by molar-refractivity contribution is 0.0933. The summed E-state index contributed by atoms with van der Waals surface area (Å²) in [6, 6.07) is 5.43. The molecule has 1 aliphatic carbocycles. The fraction of sp³-hybridized carbons (Fsp3) is 0.533. The van der Waals surface area contributed by atoms with Crippen molar-refractivity contribution in [1.82, 2.24) is 5.32 Å². The van der Waals surface area contributed by atoms with E-state index in [0.717, 1.165) is 18.8 Å². The molecule has 0 aliphatic heterocycles. The highest BCUT2D eigenvalue weighted by atomic mass is 35.5. The van der Waals surface area contributed by atoms with E-state index in [9.17, 15) is 4.79 Å². The average Bonchev–Trinajstić information content (AvgIpc) is 2.58. The zero-order valence-corrected chi connectivity index (χ0v) is 12.0. The SMILES string of the molecule is CC1CCCC(NC(=O)c2cccc(N)c2Cl)CC1. The van der Waals surface area contributed by atoms with Crippen molar-refractivity contribution >= 4 is 23.2 Å². The molecule has 4 heteroatoms. The highest BCUT2D eigenvalue weighted by Crippen LogP contribution is 2.25. The van der Waals surface area contributed by atoms with Gasteiger partial charge in [0.2, 0.25) is 0 Å². The quantitative estimate of drug-likeness (QED) is 0.642. The van der Waals surface area contributed by atoms with Gasteiger partial charge in [-0.2, -0.15) is 0 Å². The first-order valence-corrected chi connectivity index (χ1v) is 7.30. The average molecular weight is 281 g/mol. The van der Waals surface area contributed by atoms with E-state index < -0.39 is 0 Å². The third-order valence-electron chi connectivity index (χ3n) is 3.87. The molecule has 1 aromatic carbocycles. The second-order valence-corrected chi connectivity index (χ2v) is 5.87. The number of benzene rings is 1. The van der Waals surface area contributed by atoms with Crippen molar-refractivity contribution in [3.05, 3.63) is 28.8 Å². The predicted octanol–water partition coefficient (Wildman–Crippen LogP) is 3.62. The summed E-state index contributed by atoms with van der Waals surface area (Å²) in [5.41, 5.74) is 6.64. The van der Waals surface area contributed by atoms with Crippen LogP contribution >= 0.6 is 11.6 Å². The number of nitrogens with one attached hydrogen (secondary N) is 1. The van der Waals surface area contributed by atoms with E-state index in [-0.39, 0.29) is 11.9 Å². The number of hydrogen-bond acceptors (Lipinski definition) is 2. The molecule has 0 radical (unpaired) electrons. The van der Waals surface area contributed by atoms with Gasteiger partial charge in [0.1, 0.15) is 0 Å². The van der Waals surface area contributed by atoms with Crippen LogP contribution in [0.4, 0.5) is 5.69 Å². The van der Waals surface area contributed by atoms with E-state index in [2.05, 4.69) is 12.2 Å². The number of carbonyl (C=O) groups is 1. The fourth-order valence-corrected chi connectivity index (χ4v) is 2.83. The molecule has 0 aromatic heterocycles. The molecule has 2 unspecified atom stereocenters. The van der Waals surface area contributed by atoms with Crippen molar-refractivity contribution in [1.29, 1.82) is 0 Å². The van der Waals surface area contributed by atoms with Crippen molar-refractivity contribution in [2.45, 2.75) is 45.1 Å². The van der Waals surface area contributed by atoms with E-state index in [1.54, 1.807) is 18.2 Å². The van der Waals surface area contributed by atoms with Crippen LogP contribution < -0.4 is 11.1 Å². The molecular weight excluding hydrogens is 260 g/mol. The van der Waals surface area contributed by atoms with E-state index in [0.29, 0.717) is 16.3 Å². The predicted molar refractivity (Wildman–Crippen MR) is 79.4 cm³/mol. The normalized spacial score (nSPS) is 23.7. The van der Waals surface area contributed by atoms with Crippen LogP contribution in [0.2, 0.25) is 5.02 Å². The zero-order chi connectivity index (χ0) is 13.8. The van der Waals surface area contributed by atoms with Gasteiger partial charge in [0, 0.05) is 6.04 Å². The Bertz CT molecular complexity index is 461. The summed E-state index contributed by atoms with van der Waals surface area (Å²) in [5.74, 6) is 0.648. The molecule has 1 amide bonds. The fourth-order valence-electron chi connectivity index (χ4n) is 2.62. The number of halogens is 1. The summed E-state index contributed by atoms with van der Waals surface area (Å²) < 4.78 is 0. The summed E-state index contributed by atoms with van der Waals surface area (Å²) in [7, 11) is 0. The Morgan fingerprint density at radius 3 is 2.89 bits per heavy atom. The first-order valence-electron chi connectivity index (χ1n) is 6.92. The minimum Gasteiger partial charge on any atom is -0.398 e. The molecule has 104 valence electrons. The number of carbonyl (C=O) groups excluding carboxylic acids is 1. The van der Waals surface area contributed by atoms with Gasteiger partial charge in [-0.15, -0.1) is 0 Å². The maximum absolute atomic E-state index is 12.2. The van der Waals surface area contributed by atoms with Crippen molar-refractivity contribution in [2.24, 2.45) is 5.92 Å². The maximum atomic E-state index is 12.2. The highest BCUT2D eigenvalue weighted by molar-refractivity contribution is 6.36. The molecular formula is C15H21ClN2O. The second kappa shape index (κ2) is 6.29. The molecule has 1 saturated carbocycles. The maximum Gasteiger partial charge on any atom is 0.253 e. The Kier molecular flexibility index (Phi) is 4.70. The van der Waals surface area contributed by atoms with Crippen LogP contribution in [0.1, 0.15) is 49.4 Å². The monoisotopic (exact) mass is 280 g/mol. The largest absolute Gasteiger partial charge is 0.398 e. The topological polar surface area (TPSA) is 55.1 Å². The van der Waals surface area contributed by atoms with Crippen molar-refractivity contribution in [3.8, 4) is 0 Å². The summed E-state index contributed by atoms with van der Waals surface area (Å²) in [6.45, 7) is 2.28. The van der Waals surface area contributed by atoms with Crippen LogP contribution in [-0.2, 0) is 0 Å². The molecule has 0 saturated heterocycles. The van der Waals surface area contributed by atoms with Crippen LogP contribution in [-0.4, -0.2) is 11.9 Å². The van der Waals surface area contributed by atoms with Crippen LogP contribution in [0.15, 0.2) is 18.2 Å². The van der Waals surface area contributed by atoms with Gasteiger partial charge < -0.3 is 11.1 Å². The van der Waals surface area contributed by atoms with Crippen molar-refractivity contribution in [3.63, 3.8) is 0 Å². The van der Waals surface area contributed by atoms with Gasteiger partial charge in [0.05, 0.1) is 16.3 Å². The molecule has 0 bridgehead atoms. The van der Waals surface area contributed by atoms with Crippen LogP contribution in [0.3, 0.4) is 0 Å². The van der Waals surface area contributed by atoms with Gasteiger partial charge in [-0.25, -0.2) is 0 Å². The van der Waals surface area contributed by atoms with Gasteiger partial charge in [0.25, 0.3) is 5.91 Å². The third kappa shape index (κ3) is 3.63. The lowest BCUT2D eigenvalue weighted by Crippen LogP contribution is -2.34. The first-order chi connectivity index (χ1) is 9.08. The Morgan fingerprint density at radius 1 is 1.32 bits per heavy atom. The molecule has 0 heterocycles. The summed E-state index contributed by atoms with van der Waals surface area (Å²) >= 11 is 6.08. The standard InChI is InChI=1S/C15H21ClN2O/c1-10-4-2-5-11(9-8-10)18-15(19)12-6-3-7-13(17)14(12)16/h3,6-7,10-11H,2,4-5,8-9,17H2,1H3,(H,18,19). The van der Waals surface area contributed by atoms with E-state index >= 15 is 0 Å². The summed E-state index contributed by atoms with van der Waals surface area (Å²) in [5, 5.41) is 3.43. The van der Waals surface area contributed by atoms with Crippen molar-refractivity contribution < 1.29 is 4.79 Å². The van der Waals surface area contributed by atoms with Crippen LogP contribution in [0, 0.1) is 5.92 Å². The molecule has 3 N–H and O–H groups in total. The smallest absolute Gasteiger partial charge is 0.253 e. The number of rotatable bonds is 2. The number of hydrogen-bond donors (Lipinski definition) is 2. The lowest BCUT2D eigenvalue weighted by Gasteiger charge is -2.17. The van der Waals surface area contributed by atoms with E-state index in [1.807, 2.05) is 0 Å².